The normalized spacial score (nSPS) is 13.7. The van der Waals surface area contributed by atoms with Crippen LogP contribution in [0, 0.1) is 6.92 Å². The van der Waals surface area contributed by atoms with Crippen molar-refractivity contribution in [1.29, 1.82) is 0 Å². The summed E-state index contributed by atoms with van der Waals surface area (Å²) in [4.78, 5) is 2.48. The lowest BCUT2D eigenvalue weighted by Crippen LogP contribution is -2.39. The first-order valence-electron chi connectivity index (χ1n) is 12.3. The predicted molar refractivity (Wildman–Crippen MR) is 143 cm³/mol. The Kier molecular flexibility index (Phi) is 10.0. The first-order chi connectivity index (χ1) is 14.9. The van der Waals surface area contributed by atoms with Gasteiger partial charge in [-0.15, -0.1) is 12.4 Å². The van der Waals surface area contributed by atoms with Crippen LogP contribution < -0.4 is 0 Å². The monoisotopic (exact) mass is 455 g/mol. The van der Waals surface area contributed by atoms with E-state index in [1.165, 1.54) is 58.4 Å². The molecule has 0 aliphatic rings. The van der Waals surface area contributed by atoms with E-state index in [0.29, 0.717) is 5.92 Å². The van der Waals surface area contributed by atoms with Crippen LogP contribution in [0.15, 0.2) is 42.5 Å². The molecule has 2 nitrogen and oxygen atoms in total. The number of aryl methyl sites for hydroxylation is 1. The molecular formula is C29H42ClNO. The van der Waals surface area contributed by atoms with Crippen LogP contribution in [-0.2, 0) is 0 Å². The van der Waals surface area contributed by atoms with E-state index in [-0.39, 0.29) is 18.4 Å². The number of aliphatic hydroxyl groups is 1. The Morgan fingerprint density at radius 3 is 2.00 bits per heavy atom. The number of rotatable bonds is 10. The van der Waals surface area contributed by atoms with Gasteiger partial charge in [-0.1, -0.05) is 76.9 Å². The van der Waals surface area contributed by atoms with Crippen molar-refractivity contribution >= 4 is 34.0 Å². The van der Waals surface area contributed by atoms with Gasteiger partial charge in [0, 0.05) is 6.04 Å². The maximum absolute atomic E-state index is 11.4. The molecule has 3 rings (SSSR count). The molecule has 0 spiro atoms. The highest BCUT2D eigenvalue weighted by molar-refractivity contribution is 6.08. The van der Waals surface area contributed by atoms with E-state index in [9.17, 15) is 5.11 Å². The maximum Gasteiger partial charge on any atom is 0.0942 e. The Morgan fingerprint density at radius 1 is 0.781 bits per heavy atom. The van der Waals surface area contributed by atoms with Gasteiger partial charge in [0.25, 0.3) is 0 Å². The van der Waals surface area contributed by atoms with E-state index < -0.39 is 6.10 Å². The average molecular weight is 456 g/mol. The topological polar surface area (TPSA) is 23.5 Å². The fourth-order valence-corrected chi connectivity index (χ4v) is 4.66. The first kappa shape index (κ1) is 26.6. The second-order valence-electron chi connectivity index (χ2n) is 9.56. The highest BCUT2D eigenvalue weighted by Crippen LogP contribution is 2.33. The van der Waals surface area contributed by atoms with Crippen molar-refractivity contribution in [2.75, 3.05) is 13.1 Å². The molecule has 176 valence electrons. The molecule has 2 atom stereocenters. The van der Waals surface area contributed by atoms with E-state index in [4.69, 9.17) is 0 Å². The number of fused-ring (bicyclic) bond motifs is 3. The van der Waals surface area contributed by atoms with Gasteiger partial charge in [0.15, 0.2) is 0 Å². The fraction of sp³-hybridized carbons (Fsp3) is 0.517. The van der Waals surface area contributed by atoms with Crippen LogP contribution in [-0.4, -0.2) is 29.1 Å². The van der Waals surface area contributed by atoms with E-state index in [1.54, 1.807) is 0 Å². The molecule has 0 fully saturated rings. The quantitative estimate of drug-likeness (QED) is 0.311. The molecule has 0 amide bonds. The molecule has 2 unspecified atom stereocenters. The predicted octanol–water partition coefficient (Wildman–Crippen LogP) is 8.17. The minimum Gasteiger partial charge on any atom is -0.387 e. The molecule has 0 radical (unpaired) electrons. The molecular weight excluding hydrogens is 414 g/mol. The molecule has 3 aromatic carbocycles. The van der Waals surface area contributed by atoms with Crippen LogP contribution in [0.3, 0.4) is 0 Å². The zero-order valence-corrected chi connectivity index (χ0v) is 21.6. The van der Waals surface area contributed by atoms with E-state index >= 15 is 0 Å². The Balaban J connectivity index is 0.00000363. The van der Waals surface area contributed by atoms with Crippen molar-refractivity contribution in [2.45, 2.75) is 85.3 Å². The van der Waals surface area contributed by atoms with Crippen LogP contribution in [0.5, 0.6) is 0 Å². The number of aliphatic hydroxyl groups excluding tert-OH is 1. The van der Waals surface area contributed by atoms with Crippen LogP contribution in [0.25, 0.3) is 21.5 Å². The van der Waals surface area contributed by atoms with Crippen LogP contribution in [0.1, 0.15) is 89.0 Å². The van der Waals surface area contributed by atoms with E-state index in [0.717, 1.165) is 18.7 Å². The summed E-state index contributed by atoms with van der Waals surface area (Å²) >= 11 is 0. The van der Waals surface area contributed by atoms with Crippen LogP contribution in [0.4, 0.5) is 0 Å². The summed E-state index contributed by atoms with van der Waals surface area (Å²) in [5, 5.41) is 16.5. The minimum absolute atomic E-state index is 0. The largest absolute Gasteiger partial charge is 0.387 e. The van der Waals surface area contributed by atoms with Crippen molar-refractivity contribution in [3.05, 3.63) is 59.2 Å². The summed E-state index contributed by atoms with van der Waals surface area (Å²) in [6.07, 6.45) is 4.25. The van der Waals surface area contributed by atoms with Crippen molar-refractivity contribution < 1.29 is 5.11 Å². The molecule has 0 saturated carbocycles. The third-order valence-electron chi connectivity index (χ3n) is 6.84. The number of hydrogen-bond donors (Lipinski definition) is 1. The van der Waals surface area contributed by atoms with Crippen molar-refractivity contribution in [2.24, 2.45) is 0 Å². The SMILES string of the molecule is CCCCN(CCCC)C(C)C(O)c1cc(C)c2ccc3cc(C(C)C)ccc3c2c1.Cl. The number of hydrogen-bond acceptors (Lipinski definition) is 2. The van der Waals surface area contributed by atoms with Gasteiger partial charge in [-0.05, 0) is 90.0 Å². The van der Waals surface area contributed by atoms with Gasteiger partial charge in [-0.3, -0.25) is 4.90 Å². The summed E-state index contributed by atoms with van der Waals surface area (Å²) in [5.74, 6) is 0.521. The van der Waals surface area contributed by atoms with Crippen molar-refractivity contribution in [3.8, 4) is 0 Å². The van der Waals surface area contributed by atoms with E-state index in [2.05, 4.69) is 88.9 Å². The maximum atomic E-state index is 11.4. The Labute approximate surface area is 201 Å². The molecule has 0 heterocycles. The average Bonchev–Trinajstić information content (AvgIpc) is 2.77. The lowest BCUT2D eigenvalue weighted by atomic mass is 9.91. The Morgan fingerprint density at radius 2 is 1.41 bits per heavy atom. The lowest BCUT2D eigenvalue weighted by molar-refractivity contribution is 0.0560. The summed E-state index contributed by atoms with van der Waals surface area (Å²) in [5.41, 5.74) is 3.65. The summed E-state index contributed by atoms with van der Waals surface area (Å²) in [6, 6.07) is 15.9. The van der Waals surface area contributed by atoms with Gasteiger partial charge < -0.3 is 5.11 Å². The smallest absolute Gasteiger partial charge is 0.0942 e. The van der Waals surface area contributed by atoms with E-state index in [1.807, 2.05) is 0 Å². The van der Waals surface area contributed by atoms with Crippen LogP contribution >= 0.6 is 12.4 Å². The minimum atomic E-state index is -0.484. The third kappa shape index (κ3) is 5.84. The highest BCUT2D eigenvalue weighted by Gasteiger charge is 2.23. The Bertz CT molecular complexity index is 1000. The highest BCUT2D eigenvalue weighted by atomic mass is 35.5. The second kappa shape index (κ2) is 12.0. The van der Waals surface area contributed by atoms with Crippen molar-refractivity contribution in [3.63, 3.8) is 0 Å². The van der Waals surface area contributed by atoms with Crippen LogP contribution in [0.2, 0.25) is 0 Å². The van der Waals surface area contributed by atoms with Gasteiger partial charge in [-0.2, -0.15) is 0 Å². The summed E-state index contributed by atoms with van der Waals surface area (Å²) < 4.78 is 0. The summed E-state index contributed by atoms with van der Waals surface area (Å²) in [7, 11) is 0. The third-order valence-corrected chi connectivity index (χ3v) is 6.84. The van der Waals surface area contributed by atoms with Gasteiger partial charge >= 0.3 is 0 Å². The zero-order valence-electron chi connectivity index (χ0n) is 20.8. The molecule has 32 heavy (non-hydrogen) atoms. The summed E-state index contributed by atoms with van der Waals surface area (Å²) in [6.45, 7) is 15.4. The first-order valence-corrected chi connectivity index (χ1v) is 12.3. The fourth-order valence-electron chi connectivity index (χ4n) is 4.66. The number of unbranched alkanes of at least 4 members (excludes halogenated alkanes) is 2. The number of nitrogens with zero attached hydrogens (tertiary/aromatic N) is 1. The molecule has 0 saturated heterocycles. The molecule has 0 aliphatic heterocycles. The number of halogens is 1. The molecule has 0 aliphatic carbocycles. The van der Waals surface area contributed by atoms with Gasteiger partial charge in [0.1, 0.15) is 0 Å². The standard InChI is InChI=1S/C29H41NO.ClH/c1-7-9-15-30(16-10-8-2)22(6)29(31)25-17-21(5)26-13-12-24-18-23(20(3)4)11-14-27(24)28(26)19-25;/h11-14,17-20,22,29,31H,7-10,15-16H2,1-6H3;1H. The second-order valence-corrected chi connectivity index (χ2v) is 9.56. The molecule has 1 N–H and O–H groups in total. The number of benzene rings is 3. The molecule has 3 heteroatoms. The van der Waals surface area contributed by atoms with Crippen molar-refractivity contribution in [1.82, 2.24) is 4.90 Å². The van der Waals surface area contributed by atoms with Gasteiger partial charge in [-0.25, -0.2) is 0 Å². The van der Waals surface area contributed by atoms with Gasteiger partial charge in [0.2, 0.25) is 0 Å². The zero-order chi connectivity index (χ0) is 22.5. The molecule has 0 aromatic heterocycles. The lowest BCUT2D eigenvalue weighted by Gasteiger charge is -2.33. The van der Waals surface area contributed by atoms with Gasteiger partial charge in [0.05, 0.1) is 6.10 Å². The molecule has 0 bridgehead atoms. The molecule has 3 aromatic rings. The Hall–Kier alpha value is -1.61.